The van der Waals surface area contributed by atoms with Gasteiger partial charge in [-0.3, -0.25) is 19.4 Å². The van der Waals surface area contributed by atoms with Crippen molar-refractivity contribution in [3.63, 3.8) is 0 Å². The largest absolute Gasteiger partial charge is 0.391 e. The smallest absolute Gasteiger partial charge is 0.275 e. The third kappa shape index (κ3) is 6.90. The lowest BCUT2D eigenvalue weighted by atomic mass is 9.85. The minimum Gasteiger partial charge on any atom is -0.391 e. The van der Waals surface area contributed by atoms with Crippen LogP contribution in [0.2, 0.25) is 0 Å². The van der Waals surface area contributed by atoms with Crippen LogP contribution in [0.15, 0.2) is 35.0 Å². The van der Waals surface area contributed by atoms with Gasteiger partial charge in [0.1, 0.15) is 12.1 Å². The van der Waals surface area contributed by atoms with Gasteiger partial charge in [-0.15, -0.1) is 0 Å². The van der Waals surface area contributed by atoms with Crippen LogP contribution in [0.5, 0.6) is 5.75 Å². The lowest BCUT2D eigenvalue weighted by molar-refractivity contribution is -0.145. The van der Waals surface area contributed by atoms with Gasteiger partial charge in [0.05, 0.1) is 6.10 Å². The molecule has 0 aliphatic carbocycles. The maximum Gasteiger partial charge on any atom is 0.275 e. The summed E-state index contributed by atoms with van der Waals surface area (Å²) >= 11 is 0. The van der Waals surface area contributed by atoms with Gasteiger partial charge in [-0.2, -0.15) is 5.48 Å². The molecule has 0 saturated carbocycles. The van der Waals surface area contributed by atoms with Gasteiger partial charge in [-0.25, -0.2) is 0 Å². The standard InChI is InChI=1S/C25H36N4O5/c1-8-26-16(3)15(2)18-9-11-20(12-10-18)34-28-23(32)21-13-19(31)14-29(21)24(33)22(25(5,6)7)27-17(4)30/h8-12,19,21-22,31H,13-14H2,1-7H3,(H,27,30)(H,28,32)/b16-15+,26-8?/t19-,21?,22?/m1/s1. The highest BCUT2D eigenvalue weighted by atomic mass is 16.7. The molecule has 9 heteroatoms. The Morgan fingerprint density at radius 2 is 1.79 bits per heavy atom. The van der Waals surface area contributed by atoms with Gasteiger partial charge in [-0.05, 0) is 49.5 Å². The van der Waals surface area contributed by atoms with Crippen molar-refractivity contribution in [2.24, 2.45) is 10.4 Å². The Hall–Kier alpha value is -3.20. The van der Waals surface area contributed by atoms with Gasteiger partial charge in [0, 0.05) is 31.8 Å². The molecule has 9 nitrogen and oxygen atoms in total. The topological polar surface area (TPSA) is 120 Å². The molecule has 1 aliphatic rings. The van der Waals surface area contributed by atoms with E-state index in [-0.39, 0.29) is 18.9 Å². The second-order valence-electron chi connectivity index (χ2n) is 9.59. The fourth-order valence-corrected chi connectivity index (χ4v) is 3.77. The summed E-state index contributed by atoms with van der Waals surface area (Å²) in [6.45, 7) is 12.6. The monoisotopic (exact) mass is 472 g/mol. The van der Waals surface area contributed by atoms with Crippen LogP contribution in [-0.2, 0) is 14.4 Å². The molecule has 1 fully saturated rings. The van der Waals surface area contributed by atoms with Crippen molar-refractivity contribution < 1.29 is 24.3 Å². The average molecular weight is 473 g/mol. The first kappa shape index (κ1) is 27.0. The van der Waals surface area contributed by atoms with Crippen LogP contribution in [0.25, 0.3) is 5.57 Å². The van der Waals surface area contributed by atoms with E-state index in [1.54, 1.807) is 18.3 Å². The normalized spacial score (nSPS) is 20.1. The van der Waals surface area contributed by atoms with Gasteiger partial charge in [-0.1, -0.05) is 32.9 Å². The SMILES string of the molecule is CC=N/C(C)=C(\C)c1ccc(ONC(=O)C2C[C@@H](O)CN2C(=O)C(NC(C)=O)C(C)(C)C)cc1. The molecule has 1 heterocycles. The third-order valence-corrected chi connectivity index (χ3v) is 5.75. The molecule has 0 bridgehead atoms. The van der Waals surface area contributed by atoms with Crippen LogP contribution in [-0.4, -0.2) is 58.7 Å². The van der Waals surface area contributed by atoms with Crippen LogP contribution in [0.1, 0.15) is 60.5 Å². The number of hydroxylamine groups is 1. The minimum atomic E-state index is -0.917. The van der Waals surface area contributed by atoms with Crippen molar-refractivity contribution in [2.75, 3.05) is 6.54 Å². The minimum absolute atomic E-state index is 0.00296. The van der Waals surface area contributed by atoms with E-state index in [1.165, 1.54) is 11.8 Å². The lowest BCUT2D eigenvalue weighted by Gasteiger charge is -2.35. The van der Waals surface area contributed by atoms with Crippen LogP contribution >= 0.6 is 0 Å². The molecule has 0 spiro atoms. The number of amides is 3. The van der Waals surface area contributed by atoms with Crippen molar-refractivity contribution >= 4 is 29.5 Å². The molecule has 3 N–H and O–H groups in total. The van der Waals surface area contributed by atoms with E-state index in [0.717, 1.165) is 16.8 Å². The summed E-state index contributed by atoms with van der Waals surface area (Å²) in [4.78, 5) is 48.8. The highest BCUT2D eigenvalue weighted by molar-refractivity contribution is 5.92. The summed E-state index contributed by atoms with van der Waals surface area (Å²) in [5, 5.41) is 12.8. The number of β-amino-alcohol motifs (C(OH)–C–C–N with tert-alkyl or cyclic N) is 1. The van der Waals surface area contributed by atoms with Gasteiger partial charge >= 0.3 is 0 Å². The zero-order chi connectivity index (χ0) is 25.6. The molecular formula is C25H36N4O5. The van der Waals surface area contributed by atoms with Gasteiger partial charge < -0.3 is 20.2 Å². The first-order valence-electron chi connectivity index (χ1n) is 11.3. The number of allylic oxidation sites excluding steroid dienone is 2. The fourth-order valence-electron chi connectivity index (χ4n) is 3.77. The van der Waals surface area contributed by atoms with Crippen molar-refractivity contribution in [3.8, 4) is 5.75 Å². The van der Waals surface area contributed by atoms with E-state index in [1.807, 2.05) is 53.7 Å². The second kappa shape index (κ2) is 11.3. The molecule has 1 aromatic carbocycles. The van der Waals surface area contributed by atoms with Crippen LogP contribution in [0.4, 0.5) is 0 Å². The number of carbonyl (C=O) groups excluding carboxylic acids is 3. The summed E-state index contributed by atoms with van der Waals surface area (Å²) in [6.07, 6.45) is 0.971. The number of carbonyl (C=O) groups is 3. The lowest BCUT2D eigenvalue weighted by Crippen LogP contribution is -2.57. The number of aliphatic imine (C=N–C) groups is 1. The van der Waals surface area contributed by atoms with Gasteiger partial charge in [0.15, 0.2) is 5.75 Å². The van der Waals surface area contributed by atoms with Gasteiger partial charge in [0.2, 0.25) is 11.8 Å². The van der Waals surface area contributed by atoms with Crippen molar-refractivity contribution in [3.05, 3.63) is 35.5 Å². The maximum absolute atomic E-state index is 13.2. The molecule has 1 aliphatic heterocycles. The number of hydrogen-bond donors (Lipinski definition) is 3. The number of aliphatic hydroxyl groups is 1. The van der Waals surface area contributed by atoms with E-state index in [9.17, 15) is 19.5 Å². The number of hydrogen-bond acceptors (Lipinski definition) is 6. The van der Waals surface area contributed by atoms with E-state index in [2.05, 4.69) is 15.8 Å². The maximum atomic E-state index is 13.2. The Bertz CT molecular complexity index is 963. The molecule has 0 aromatic heterocycles. The quantitative estimate of drug-likeness (QED) is 0.416. The first-order valence-corrected chi connectivity index (χ1v) is 11.3. The number of rotatable bonds is 7. The Morgan fingerprint density at radius 3 is 2.32 bits per heavy atom. The van der Waals surface area contributed by atoms with Crippen molar-refractivity contribution in [2.45, 2.75) is 73.1 Å². The Balaban J connectivity index is 2.10. The van der Waals surface area contributed by atoms with E-state index in [4.69, 9.17) is 4.84 Å². The van der Waals surface area contributed by atoms with E-state index >= 15 is 0 Å². The Kier molecular flexibility index (Phi) is 8.98. The molecule has 3 amide bonds. The molecule has 2 unspecified atom stereocenters. The number of benzene rings is 1. The molecule has 186 valence electrons. The third-order valence-electron chi connectivity index (χ3n) is 5.75. The molecule has 2 rings (SSSR count). The second-order valence-corrected chi connectivity index (χ2v) is 9.59. The zero-order valence-electron chi connectivity index (χ0n) is 21.0. The molecule has 1 aromatic rings. The van der Waals surface area contributed by atoms with Crippen molar-refractivity contribution in [1.82, 2.24) is 15.7 Å². The molecular weight excluding hydrogens is 436 g/mol. The summed E-state index contributed by atoms with van der Waals surface area (Å²) in [5.74, 6) is -0.892. The number of likely N-dealkylation sites (tertiary alicyclic amines) is 1. The summed E-state index contributed by atoms with van der Waals surface area (Å²) in [5.41, 5.74) is 4.71. The molecule has 3 atom stereocenters. The average Bonchev–Trinajstić information content (AvgIpc) is 3.16. The number of nitrogens with one attached hydrogen (secondary N) is 2. The first-order chi connectivity index (χ1) is 15.8. The predicted molar refractivity (Wildman–Crippen MR) is 131 cm³/mol. The van der Waals surface area contributed by atoms with Crippen molar-refractivity contribution in [1.29, 1.82) is 0 Å². The fraction of sp³-hybridized carbons (Fsp3) is 0.520. The molecule has 34 heavy (non-hydrogen) atoms. The van der Waals surface area contributed by atoms with Crippen LogP contribution in [0, 0.1) is 5.41 Å². The van der Waals surface area contributed by atoms with E-state index < -0.39 is 35.4 Å². The van der Waals surface area contributed by atoms with Gasteiger partial charge in [0.25, 0.3) is 5.91 Å². The van der Waals surface area contributed by atoms with Crippen LogP contribution in [0.3, 0.4) is 0 Å². The number of nitrogens with zero attached hydrogens (tertiary/aromatic N) is 2. The zero-order valence-corrected chi connectivity index (χ0v) is 21.0. The Morgan fingerprint density at radius 1 is 1.18 bits per heavy atom. The highest BCUT2D eigenvalue weighted by Gasteiger charge is 2.44. The van der Waals surface area contributed by atoms with E-state index in [0.29, 0.717) is 5.75 Å². The predicted octanol–water partition coefficient (Wildman–Crippen LogP) is 2.45. The summed E-state index contributed by atoms with van der Waals surface area (Å²) < 4.78 is 0. The summed E-state index contributed by atoms with van der Waals surface area (Å²) in [7, 11) is 0. The number of aliphatic hydroxyl groups excluding tert-OH is 1. The van der Waals surface area contributed by atoms with Crippen LogP contribution < -0.4 is 15.6 Å². The summed E-state index contributed by atoms with van der Waals surface area (Å²) in [6, 6.07) is 5.42. The molecule has 0 radical (unpaired) electrons. The molecule has 1 saturated heterocycles. The Labute approximate surface area is 201 Å². The highest BCUT2D eigenvalue weighted by Crippen LogP contribution is 2.26.